The number of hydrogen-bond donors (Lipinski definition) is 0. The summed E-state index contributed by atoms with van der Waals surface area (Å²) < 4.78 is 0. The molecule has 2 aromatic rings. The summed E-state index contributed by atoms with van der Waals surface area (Å²) in [6.07, 6.45) is 5.95. The molecule has 1 aliphatic rings. The molecule has 0 N–H and O–H groups in total. The van der Waals surface area contributed by atoms with Gasteiger partial charge in [0.1, 0.15) is 0 Å². The second-order valence-corrected chi connectivity index (χ2v) is 7.38. The topological polar surface area (TPSA) is 17.1 Å². The van der Waals surface area contributed by atoms with Crippen molar-refractivity contribution < 1.29 is 4.79 Å². The fourth-order valence-electron chi connectivity index (χ4n) is 2.82. The van der Waals surface area contributed by atoms with Gasteiger partial charge in [0.15, 0.2) is 5.78 Å². The van der Waals surface area contributed by atoms with Gasteiger partial charge in [-0.1, -0.05) is 70.7 Å². The average molecular weight is 412 g/mol. The molecule has 0 saturated heterocycles. The first-order valence-corrected chi connectivity index (χ1v) is 9.32. The van der Waals surface area contributed by atoms with Crippen molar-refractivity contribution in [1.29, 1.82) is 0 Å². The molecular formula is C20H14Cl4O. The van der Waals surface area contributed by atoms with Gasteiger partial charge in [-0.05, 0) is 54.7 Å². The highest BCUT2D eigenvalue weighted by atomic mass is 35.5. The van der Waals surface area contributed by atoms with Crippen LogP contribution in [0.15, 0.2) is 47.5 Å². The van der Waals surface area contributed by atoms with Gasteiger partial charge in [-0.2, -0.15) is 0 Å². The molecule has 3 rings (SSSR count). The van der Waals surface area contributed by atoms with Gasteiger partial charge in [0.25, 0.3) is 0 Å². The summed E-state index contributed by atoms with van der Waals surface area (Å²) in [5.74, 6) is 0.0123. The van der Waals surface area contributed by atoms with Gasteiger partial charge in [-0.3, -0.25) is 4.79 Å². The Hall–Kier alpha value is -1.25. The van der Waals surface area contributed by atoms with Crippen molar-refractivity contribution in [3.8, 4) is 0 Å². The number of hydrogen-bond acceptors (Lipinski definition) is 1. The van der Waals surface area contributed by atoms with Crippen LogP contribution in [0.4, 0.5) is 0 Å². The van der Waals surface area contributed by atoms with Crippen LogP contribution in [-0.2, 0) is 4.79 Å². The van der Waals surface area contributed by atoms with Crippen LogP contribution in [0, 0.1) is 0 Å². The number of halogens is 4. The zero-order valence-corrected chi connectivity index (χ0v) is 16.2. The minimum absolute atomic E-state index is 0.0123. The molecular weight excluding hydrogens is 398 g/mol. The minimum atomic E-state index is 0.0123. The first-order chi connectivity index (χ1) is 12.0. The van der Waals surface area contributed by atoms with Gasteiger partial charge in [0.2, 0.25) is 0 Å². The van der Waals surface area contributed by atoms with E-state index in [9.17, 15) is 4.79 Å². The van der Waals surface area contributed by atoms with Crippen LogP contribution in [0.3, 0.4) is 0 Å². The highest BCUT2D eigenvalue weighted by Crippen LogP contribution is 2.33. The Bertz CT molecular complexity index is 825. The molecule has 0 aromatic heterocycles. The predicted octanol–water partition coefficient (Wildman–Crippen LogP) is 7.52. The summed E-state index contributed by atoms with van der Waals surface area (Å²) in [6, 6.07) is 10.8. The van der Waals surface area contributed by atoms with E-state index in [0.717, 1.165) is 28.7 Å². The quantitative estimate of drug-likeness (QED) is 0.467. The van der Waals surface area contributed by atoms with E-state index >= 15 is 0 Å². The summed E-state index contributed by atoms with van der Waals surface area (Å²) in [5, 5.41) is 1.86. The monoisotopic (exact) mass is 410 g/mol. The summed E-state index contributed by atoms with van der Waals surface area (Å²) in [5.41, 5.74) is 2.94. The van der Waals surface area contributed by atoms with E-state index in [1.54, 1.807) is 12.1 Å². The van der Waals surface area contributed by atoms with Crippen molar-refractivity contribution in [1.82, 2.24) is 0 Å². The number of carbonyl (C=O) groups is 1. The molecule has 1 fully saturated rings. The molecule has 0 aliphatic heterocycles. The fraction of sp³-hybridized carbons (Fsp3) is 0.150. The van der Waals surface area contributed by atoms with Crippen LogP contribution in [-0.4, -0.2) is 5.78 Å². The van der Waals surface area contributed by atoms with Gasteiger partial charge in [0, 0.05) is 11.1 Å². The van der Waals surface area contributed by atoms with E-state index in [2.05, 4.69) is 0 Å². The first kappa shape index (κ1) is 18.5. The van der Waals surface area contributed by atoms with E-state index < -0.39 is 0 Å². The lowest BCUT2D eigenvalue weighted by Crippen LogP contribution is -2.12. The van der Waals surface area contributed by atoms with Gasteiger partial charge >= 0.3 is 0 Å². The van der Waals surface area contributed by atoms with Crippen molar-refractivity contribution in [3.05, 3.63) is 78.8 Å². The van der Waals surface area contributed by atoms with Gasteiger partial charge in [0.05, 0.1) is 20.1 Å². The van der Waals surface area contributed by atoms with Crippen LogP contribution < -0.4 is 0 Å². The molecule has 5 heteroatoms. The van der Waals surface area contributed by atoms with Crippen molar-refractivity contribution in [2.75, 3.05) is 0 Å². The highest BCUT2D eigenvalue weighted by molar-refractivity contribution is 6.43. The van der Waals surface area contributed by atoms with E-state index in [4.69, 9.17) is 46.4 Å². The number of rotatable bonds is 2. The lowest BCUT2D eigenvalue weighted by atomic mass is 9.87. The molecule has 1 aliphatic carbocycles. The van der Waals surface area contributed by atoms with E-state index in [0.29, 0.717) is 32.9 Å². The van der Waals surface area contributed by atoms with Crippen LogP contribution in [0.5, 0.6) is 0 Å². The molecule has 0 amide bonds. The molecule has 128 valence electrons. The molecule has 0 unspecified atom stereocenters. The Kier molecular flexibility index (Phi) is 5.91. The molecule has 0 radical (unpaired) electrons. The lowest BCUT2D eigenvalue weighted by Gasteiger charge is -2.17. The van der Waals surface area contributed by atoms with Crippen molar-refractivity contribution in [2.45, 2.75) is 19.3 Å². The first-order valence-electron chi connectivity index (χ1n) is 7.81. The number of benzene rings is 2. The van der Waals surface area contributed by atoms with E-state index in [-0.39, 0.29) is 5.78 Å². The van der Waals surface area contributed by atoms with Crippen LogP contribution in [0.1, 0.15) is 30.4 Å². The fourth-order valence-corrected chi connectivity index (χ4v) is 3.54. The summed E-state index contributed by atoms with van der Waals surface area (Å²) >= 11 is 24.6. The normalized spacial score (nSPS) is 18.2. The van der Waals surface area contributed by atoms with Crippen LogP contribution >= 0.6 is 46.4 Å². The average Bonchev–Trinajstić information content (AvgIpc) is 2.59. The van der Waals surface area contributed by atoms with Crippen molar-refractivity contribution >= 4 is 64.3 Å². The Labute approximate surface area is 166 Å². The molecule has 25 heavy (non-hydrogen) atoms. The Balaban J connectivity index is 1.96. The molecule has 0 bridgehead atoms. The zero-order chi connectivity index (χ0) is 18.0. The van der Waals surface area contributed by atoms with Gasteiger partial charge < -0.3 is 0 Å². The van der Waals surface area contributed by atoms with Crippen molar-refractivity contribution in [3.63, 3.8) is 0 Å². The Morgan fingerprint density at radius 1 is 0.720 bits per heavy atom. The summed E-state index contributed by atoms with van der Waals surface area (Å²) in [6.45, 7) is 0. The van der Waals surface area contributed by atoms with Crippen LogP contribution in [0.25, 0.3) is 12.2 Å². The zero-order valence-electron chi connectivity index (χ0n) is 13.2. The molecule has 0 spiro atoms. The second-order valence-electron chi connectivity index (χ2n) is 5.81. The van der Waals surface area contributed by atoms with Gasteiger partial charge in [-0.25, -0.2) is 0 Å². The van der Waals surface area contributed by atoms with E-state index in [1.807, 2.05) is 36.4 Å². The third kappa shape index (κ3) is 4.12. The standard InChI is InChI=1S/C20H14Cl4O/c21-16-8-2-4-12(18(16)23)10-14-6-1-7-15(20(14)25)11-13-5-3-9-17(22)19(13)24/h2-5,8-11H,1,6-7H2/b14-10-,15-11+. The highest BCUT2D eigenvalue weighted by Gasteiger charge is 2.21. The summed E-state index contributed by atoms with van der Waals surface area (Å²) in [7, 11) is 0. The second kappa shape index (κ2) is 7.97. The van der Waals surface area contributed by atoms with E-state index in [1.165, 1.54) is 0 Å². The molecule has 2 aromatic carbocycles. The number of ketones is 1. The number of Topliss-reactive ketones (excluding diaryl/α,β-unsaturated/α-hetero) is 1. The Morgan fingerprint density at radius 2 is 1.16 bits per heavy atom. The number of allylic oxidation sites excluding steroid dienone is 2. The largest absolute Gasteiger partial charge is 0.289 e. The third-order valence-electron chi connectivity index (χ3n) is 4.10. The van der Waals surface area contributed by atoms with Gasteiger partial charge in [-0.15, -0.1) is 0 Å². The maximum absolute atomic E-state index is 12.8. The maximum atomic E-state index is 12.8. The smallest absolute Gasteiger partial charge is 0.185 e. The number of carbonyl (C=O) groups excluding carboxylic acids is 1. The third-order valence-corrected chi connectivity index (χ3v) is 5.76. The SMILES string of the molecule is O=C1/C(=C\c2cccc(Cl)c2Cl)CCC/C1=C\c1cccc(Cl)c1Cl. The molecule has 0 heterocycles. The summed E-state index contributed by atoms with van der Waals surface area (Å²) in [4.78, 5) is 12.8. The maximum Gasteiger partial charge on any atom is 0.185 e. The molecule has 0 atom stereocenters. The molecule has 1 nitrogen and oxygen atoms in total. The Morgan fingerprint density at radius 3 is 1.60 bits per heavy atom. The van der Waals surface area contributed by atoms with Crippen LogP contribution in [0.2, 0.25) is 20.1 Å². The lowest BCUT2D eigenvalue weighted by molar-refractivity contribution is -0.112. The predicted molar refractivity (Wildman–Crippen MR) is 108 cm³/mol. The minimum Gasteiger partial charge on any atom is -0.289 e. The van der Waals surface area contributed by atoms with Crippen molar-refractivity contribution in [2.24, 2.45) is 0 Å². The molecule has 1 saturated carbocycles.